The third-order valence-electron chi connectivity index (χ3n) is 4.17. The molecule has 4 aromatic rings. The van der Waals surface area contributed by atoms with E-state index in [1.165, 1.54) is 23.1 Å². The van der Waals surface area contributed by atoms with Gasteiger partial charge in [-0.3, -0.25) is 18.6 Å². The number of amides is 1. The van der Waals surface area contributed by atoms with Crippen LogP contribution < -0.4 is 10.9 Å². The molecule has 3 heterocycles. The van der Waals surface area contributed by atoms with Gasteiger partial charge in [-0.1, -0.05) is 43.3 Å². The van der Waals surface area contributed by atoms with Gasteiger partial charge in [-0.05, 0) is 35.6 Å². The zero-order valence-corrected chi connectivity index (χ0v) is 18.1. The van der Waals surface area contributed by atoms with Crippen molar-refractivity contribution in [3.8, 4) is 0 Å². The van der Waals surface area contributed by atoms with Crippen molar-refractivity contribution in [1.29, 1.82) is 0 Å². The minimum atomic E-state index is -0.175. The number of carbonyl (C=O) groups excluding carboxylic acids is 1. The van der Waals surface area contributed by atoms with Crippen molar-refractivity contribution >= 4 is 62.3 Å². The van der Waals surface area contributed by atoms with Crippen molar-refractivity contribution in [2.45, 2.75) is 25.5 Å². The maximum atomic E-state index is 12.9. The van der Waals surface area contributed by atoms with E-state index in [-0.39, 0.29) is 23.1 Å². The van der Waals surface area contributed by atoms with Crippen molar-refractivity contribution in [3.63, 3.8) is 0 Å². The lowest BCUT2D eigenvalue weighted by molar-refractivity contribution is -0.113. The number of fused-ring (bicyclic) bond motifs is 3. The number of aromatic nitrogens is 4. The lowest BCUT2D eigenvalue weighted by Crippen LogP contribution is -2.24. The number of carbonyl (C=O) groups is 1. The predicted molar refractivity (Wildman–Crippen MR) is 118 cm³/mol. The summed E-state index contributed by atoms with van der Waals surface area (Å²) in [5.74, 6) is 0.756. The predicted octanol–water partition coefficient (Wildman–Crippen LogP) is 4.15. The summed E-state index contributed by atoms with van der Waals surface area (Å²) in [7, 11) is 0. The van der Waals surface area contributed by atoms with E-state index in [1.54, 1.807) is 28.8 Å². The van der Waals surface area contributed by atoms with E-state index in [2.05, 4.69) is 15.5 Å². The van der Waals surface area contributed by atoms with Crippen LogP contribution in [0.4, 0.5) is 5.69 Å². The number of anilines is 1. The molecular formula is C19H18ClN5O2S2. The molecule has 3 aromatic heterocycles. The summed E-state index contributed by atoms with van der Waals surface area (Å²) < 4.78 is 4.17. The van der Waals surface area contributed by atoms with Gasteiger partial charge in [0.15, 0.2) is 5.16 Å². The van der Waals surface area contributed by atoms with Crippen LogP contribution in [0.1, 0.15) is 13.8 Å². The Bertz CT molecular complexity index is 1260. The Morgan fingerprint density at radius 3 is 2.90 bits per heavy atom. The Kier molecular flexibility index (Phi) is 5.62. The smallest absolute Gasteiger partial charge is 0.272 e. The molecule has 0 fully saturated rings. The summed E-state index contributed by atoms with van der Waals surface area (Å²) in [6.45, 7) is 4.65. The Morgan fingerprint density at radius 2 is 2.14 bits per heavy atom. The molecule has 0 atom stereocenters. The summed E-state index contributed by atoms with van der Waals surface area (Å²) in [6.07, 6.45) is 0. The molecule has 0 aliphatic carbocycles. The highest BCUT2D eigenvalue weighted by Crippen LogP contribution is 2.25. The monoisotopic (exact) mass is 447 g/mol. The van der Waals surface area contributed by atoms with Gasteiger partial charge in [-0.15, -0.1) is 21.5 Å². The number of rotatable bonds is 6. The second-order valence-corrected chi connectivity index (χ2v) is 9.20. The van der Waals surface area contributed by atoms with E-state index in [4.69, 9.17) is 11.6 Å². The molecule has 0 aliphatic rings. The zero-order chi connectivity index (χ0) is 20.5. The number of hydrogen-bond acceptors (Lipinski definition) is 6. The van der Waals surface area contributed by atoms with E-state index in [1.807, 2.05) is 29.7 Å². The summed E-state index contributed by atoms with van der Waals surface area (Å²) in [5.41, 5.74) is 1.34. The molecule has 1 N–H and O–H groups in total. The van der Waals surface area contributed by atoms with Crippen LogP contribution in [0.2, 0.25) is 5.02 Å². The van der Waals surface area contributed by atoms with Gasteiger partial charge in [0.2, 0.25) is 11.7 Å². The molecule has 150 valence electrons. The van der Waals surface area contributed by atoms with Crippen molar-refractivity contribution in [2.75, 3.05) is 11.1 Å². The summed E-state index contributed by atoms with van der Waals surface area (Å²) in [5, 5.41) is 14.3. The number of thioether (sulfide) groups is 1. The Morgan fingerprint density at radius 1 is 1.31 bits per heavy atom. The highest BCUT2D eigenvalue weighted by molar-refractivity contribution is 7.99. The van der Waals surface area contributed by atoms with E-state index in [9.17, 15) is 9.59 Å². The van der Waals surface area contributed by atoms with Crippen LogP contribution >= 0.6 is 34.7 Å². The van der Waals surface area contributed by atoms with E-state index in [0.29, 0.717) is 32.9 Å². The molecule has 0 bridgehead atoms. The van der Waals surface area contributed by atoms with E-state index < -0.39 is 0 Å². The maximum absolute atomic E-state index is 12.9. The molecular weight excluding hydrogens is 430 g/mol. The van der Waals surface area contributed by atoms with Crippen LogP contribution in [-0.2, 0) is 11.3 Å². The van der Waals surface area contributed by atoms with Gasteiger partial charge in [0.25, 0.3) is 5.56 Å². The van der Waals surface area contributed by atoms with Gasteiger partial charge in [-0.25, -0.2) is 0 Å². The molecule has 29 heavy (non-hydrogen) atoms. The topological polar surface area (TPSA) is 81.3 Å². The molecule has 7 nitrogen and oxygen atoms in total. The molecule has 0 radical (unpaired) electrons. The van der Waals surface area contributed by atoms with Crippen molar-refractivity contribution in [3.05, 3.63) is 51.1 Å². The SMILES string of the molecule is CC(C)Cn1c(=O)c2sccc2n2c(SCC(=O)Nc3cccc(Cl)c3)nnc12. The fraction of sp³-hybridized carbons (Fsp3) is 0.263. The van der Waals surface area contributed by atoms with Gasteiger partial charge in [0, 0.05) is 17.3 Å². The first-order valence-electron chi connectivity index (χ1n) is 8.97. The highest BCUT2D eigenvalue weighted by Gasteiger charge is 2.19. The molecule has 0 spiro atoms. The lowest BCUT2D eigenvalue weighted by atomic mass is 10.2. The normalized spacial score (nSPS) is 11.6. The van der Waals surface area contributed by atoms with Crippen LogP contribution in [0.25, 0.3) is 16.0 Å². The molecule has 0 unspecified atom stereocenters. The van der Waals surface area contributed by atoms with E-state index in [0.717, 1.165) is 5.52 Å². The largest absolute Gasteiger partial charge is 0.325 e. The fourth-order valence-electron chi connectivity index (χ4n) is 3.02. The first-order valence-corrected chi connectivity index (χ1v) is 11.2. The molecule has 0 saturated carbocycles. The Hall–Kier alpha value is -2.36. The van der Waals surface area contributed by atoms with Gasteiger partial charge in [-0.2, -0.15) is 0 Å². The quantitative estimate of drug-likeness (QED) is 0.449. The number of benzene rings is 1. The third kappa shape index (κ3) is 4.03. The summed E-state index contributed by atoms with van der Waals surface area (Å²) in [4.78, 5) is 25.2. The van der Waals surface area contributed by atoms with E-state index >= 15 is 0 Å². The van der Waals surface area contributed by atoms with Gasteiger partial charge in [0.05, 0.1) is 11.3 Å². The minimum Gasteiger partial charge on any atom is -0.325 e. The maximum Gasteiger partial charge on any atom is 0.272 e. The molecule has 0 saturated heterocycles. The van der Waals surface area contributed by atoms with Crippen LogP contribution in [-0.4, -0.2) is 30.8 Å². The number of nitrogens with one attached hydrogen (secondary N) is 1. The molecule has 1 amide bonds. The lowest BCUT2D eigenvalue weighted by Gasteiger charge is -2.11. The van der Waals surface area contributed by atoms with Crippen LogP contribution in [0.15, 0.2) is 45.7 Å². The average molecular weight is 448 g/mol. The summed E-state index contributed by atoms with van der Waals surface area (Å²) in [6, 6.07) is 8.87. The Balaban J connectivity index is 1.64. The first-order chi connectivity index (χ1) is 13.9. The highest BCUT2D eigenvalue weighted by atomic mass is 35.5. The third-order valence-corrected chi connectivity index (χ3v) is 6.23. The van der Waals surface area contributed by atoms with Crippen molar-refractivity contribution < 1.29 is 4.79 Å². The Labute approximate surface area is 179 Å². The van der Waals surface area contributed by atoms with Crippen LogP contribution in [0.5, 0.6) is 0 Å². The molecule has 0 aliphatic heterocycles. The first kappa shape index (κ1) is 19.9. The second-order valence-electron chi connectivity index (χ2n) is 6.91. The van der Waals surface area contributed by atoms with Crippen LogP contribution in [0, 0.1) is 5.92 Å². The standard InChI is InChI=1S/C19H18ClN5O2S2/c1-11(2)9-24-17(27)16-14(6-7-28-16)25-18(24)22-23-19(25)29-10-15(26)21-13-5-3-4-12(20)8-13/h3-8,11H,9-10H2,1-2H3,(H,21,26). The number of nitrogens with zero attached hydrogens (tertiary/aromatic N) is 4. The van der Waals surface area contributed by atoms with Crippen molar-refractivity contribution in [2.24, 2.45) is 5.92 Å². The zero-order valence-electron chi connectivity index (χ0n) is 15.8. The second kappa shape index (κ2) is 8.17. The average Bonchev–Trinajstić information content (AvgIpc) is 3.30. The van der Waals surface area contributed by atoms with Gasteiger partial charge >= 0.3 is 0 Å². The number of hydrogen-bond donors (Lipinski definition) is 1. The van der Waals surface area contributed by atoms with Crippen molar-refractivity contribution in [1.82, 2.24) is 19.2 Å². The molecule has 4 rings (SSSR count). The van der Waals surface area contributed by atoms with Gasteiger partial charge < -0.3 is 5.32 Å². The fourth-order valence-corrected chi connectivity index (χ4v) is 4.77. The molecule has 10 heteroatoms. The number of thiophene rings is 1. The summed E-state index contributed by atoms with van der Waals surface area (Å²) >= 11 is 8.63. The van der Waals surface area contributed by atoms with Gasteiger partial charge in [0.1, 0.15) is 4.70 Å². The number of halogens is 1. The van der Waals surface area contributed by atoms with Crippen LogP contribution in [0.3, 0.4) is 0 Å². The minimum absolute atomic E-state index is 0.0566. The molecule has 1 aromatic carbocycles.